The van der Waals surface area contributed by atoms with E-state index in [-0.39, 0.29) is 45.8 Å². The number of H-pyrrole nitrogens is 1. The maximum absolute atomic E-state index is 13.2. The van der Waals surface area contributed by atoms with Crippen LogP contribution in [0.2, 0.25) is 0 Å². The van der Waals surface area contributed by atoms with Crippen molar-refractivity contribution < 1.29 is 14.3 Å². The number of benzene rings is 2. The first-order valence-electron chi connectivity index (χ1n) is 11.0. The van der Waals surface area contributed by atoms with Gasteiger partial charge < -0.3 is 25.9 Å². The summed E-state index contributed by atoms with van der Waals surface area (Å²) >= 11 is 1.04. The van der Waals surface area contributed by atoms with Crippen molar-refractivity contribution in [3.8, 4) is 17.2 Å². The van der Waals surface area contributed by atoms with Crippen molar-refractivity contribution in [2.45, 2.75) is 11.9 Å². The van der Waals surface area contributed by atoms with Gasteiger partial charge in [0.05, 0.1) is 22.9 Å². The molecule has 0 saturated heterocycles. The number of hydrogen-bond donors (Lipinski definition) is 4. The number of hydrazine groups is 1. The maximum Gasteiger partial charge on any atom is 0.344 e. The van der Waals surface area contributed by atoms with Crippen LogP contribution in [0.1, 0.15) is 33.2 Å². The minimum atomic E-state index is -0.891. The molecule has 190 valence electrons. The van der Waals surface area contributed by atoms with E-state index in [1.807, 2.05) is 18.2 Å². The molecule has 12 heteroatoms. The Morgan fingerprint density at radius 2 is 1.95 bits per heavy atom. The highest BCUT2D eigenvalue weighted by Crippen LogP contribution is 2.32. The molecule has 0 saturated carbocycles. The monoisotopic (exact) mass is 519 g/mol. The molecular formula is C25H25N7O4S. The van der Waals surface area contributed by atoms with E-state index in [0.29, 0.717) is 16.8 Å². The Morgan fingerprint density at radius 3 is 2.57 bits per heavy atom. The summed E-state index contributed by atoms with van der Waals surface area (Å²) in [5.41, 5.74) is 2.60. The van der Waals surface area contributed by atoms with Crippen molar-refractivity contribution in [2.24, 2.45) is 16.8 Å². The summed E-state index contributed by atoms with van der Waals surface area (Å²) in [6, 6.07) is 17.5. The number of ether oxygens (including phenoxy) is 1. The standard InChI is InChI=1S/C25H25N7O4S/c1-3-36-25(35)21-20(18(13-26)23(29-22(21)33)37-14-19(30-27)31-28)15-8-7-9-16(12-15)24(34)32(2)17-10-5-4-6-11-17/h4-12H,3,14,27-28H2,1-2H3,(H,29,33)(H,30,31). The first kappa shape index (κ1) is 27.0. The second-order valence-electron chi connectivity index (χ2n) is 7.53. The molecule has 3 rings (SSSR count). The smallest absolute Gasteiger partial charge is 0.344 e. The van der Waals surface area contributed by atoms with E-state index in [1.165, 1.54) is 11.0 Å². The molecule has 0 aliphatic rings. The number of nitrogens with two attached hydrogens (primary N) is 2. The van der Waals surface area contributed by atoms with Gasteiger partial charge in [-0.3, -0.25) is 9.59 Å². The highest BCUT2D eigenvalue weighted by atomic mass is 32.2. The largest absolute Gasteiger partial charge is 0.462 e. The van der Waals surface area contributed by atoms with E-state index < -0.39 is 11.5 Å². The van der Waals surface area contributed by atoms with E-state index in [0.717, 1.165) is 11.8 Å². The van der Waals surface area contributed by atoms with Gasteiger partial charge in [-0.2, -0.15) is 10.4 Å². The molecule has 0 fully saturated rings. The van der Waals surface area contributed by atoms with E-state index in [1.54, 1.807) is 44.3 Å². The molecule has 0 bridgehead atoms. The number of aromatic amines is 1. The van der Waals surface area contributed by atoms with Crippen LogP contribution in [-0.4, -0.2) is 42.1 Å². The van der Waals surface area contributed by atoms with Gasteiger partial charge in [0.2, 0.25) is 0 Å². The molecule has 0 spiro atoms. The molecule has 2 aromatic carbocycles. The summed E-state index contributed by atoms with van der Waals surface area (Å²) in [6.07, 6.45) is 0. The molecule has 0 aliphatic carbocycles. The average molecular weight is 520 g/mol. The van der Waals surface area contributed by atoms with Crippen molar-refractivity contribution in [1.82, 2.24) is 10.4 Å². The van der Waals surface area contributed by atoms with Gasteiger partial charge >= 0.3 is 5.97 Å². The number of hydrazone groups is 1. The van der Waals surface area contributed by atoms with Crippen LogP contribution >= 0.6 is 11.8 Å². The Morgan fingerprint density at radius 1 is 1.22 bits per heavy atom. The van der Waals surface area contributed by atoms with Crippen LogP contribution in [0.5, 0.6) is 0 Å². The van der Waals surface area contributed by atoms with E-state index in [2.05, 4.69) is 21.6 Å². The topological polar surface area (TPSA) is 180 Å². The summed E-state index contributed by atoms with van der Waals surface area (Å²) in [6.45, 7) is 1.63. The third kappa shape index (κ3) is 5.97. The molecule has 1 heterocycles. The summed E-state index contributed by atoms with van der Waals surface area (Å²) in [7, 11) is 1.64. The highest BCUT2D eigenvalue weighted by Gasteiger charge is 2.26. The number of pyridine rings is 1. The van der Waals surface area contributed by atoms with Gasteiger partial charge in [-0.15, -0.1) is 0 Å². The van der Waals surface area contributed by atoms with Gasteiger partial charge in [-0.1, -0.05) is 42.1 Å². The molecule has 37 heavy (non-hydrogen) atoms. The van der Waals surface area contributed by atoms with Gasteiger partial charge in [-0.05, 0) is 36.8 Å². The number of rotatable bonds is 8. The zero-order valence-corrected chi connectivity index (χ0v) is 21.0. The van der Waals surface area contributed by atoms with Crippen LogP contribution in [0.15, 0.2) is 69.5 Å². The molecule has 1 aromatic heterocycles. The van der Waals surface area contributed by atoms with Crippen molar-refractivity contribution in [2.75, 3.05) is 24.3 Å². The molecule has 1 amide bonds. The van der Waals surface area contributed by atoms with Gasteiger partial charge in [0.25, 0.3) is 11.5 Å². The summed E-state index contributed by atoms with van der Waals surface area (Å²) < 4.78 is 5.10. The van der Waals surface area contributed by atoms with Crippen LogP contribution < -0.4 is 27.6 Å². The normalized spacial score (nSPS) is 10.9. The van der Waals surface area contributed by atoms with Crippen LogP contribution in [0.4, 0.5) is 5.69 Å². The van der Waals surface area contributed by atoms with Gasteiger partial charge in [-0.25, -0.2) is 10.6 Å². The molecule has 11 nitrogen and oxygen atoms in total. The number of esters is 1. The first-order chi connectivity index (χ1) is 17.9. The Balaban J connectivity index is 2.18. The number of nitrogens with zero attached hydrogens (tertiary/aromatic N) is 3. The fraction of sp³-hybridized carbons (Fsp3) is 0.160. The second kappa shape index (κ2) is 12.4. The third-order valence-electron chi connectivity index (χ3n) is 5.29. The fourth-order valence-corrected chi connectivity index (χ4v) is 4.40. The summed E-state index contributed by atoms with van der Waals surface area (Å²) in [4.78, 5) is 43.2. The van der Waals surface area contributed by atoms with Gasteiger partial charge in [0.15, 0.2) is 0 Å². The molecule has 0 aliphatic heterocycles. The number of carbonyl (C=O) groups excluding carboxylic acids is 2. The fourth-order valence-electron chi connectivity index (χ4n) is 3.51. The lowest BCUT2D eigenvalue weighted by atomic mass is 9.95. The number of thioether (sulfide) groups is 1. The SMILES string of the molecule is CCOC(=O)c1c(-c2cccc(C(=O)N(C)c3ccccc3)c2)c(C#N)c(SC/C(=N/N)NN)[nH]c1=O. The molecule has 6 N–H and O–H groups in total. The van der Waals surface area contributed by atoms with Crippen LogP contribution in [-0.2, 0) is 4.74 Å². The predicted octanol–water partition coefficient (Wildman–Crippen LogP) is 2.19. The first-order valence-corrected chi connectivity index (χ1v) is 12.0. The summed E-state index contributed by atoms with van der Waals surface area (Å²) in [5.74, 6) is 9.75. The van der Waals surface area contributed by atoms with Crippen LogP contribution in [0.3, 0.4) is 0 Å². The van der Waals surface area contributed by atoms with Crippen molar-refractivity contribution in [1.29, 1.82) is 5.26 Å². The minimum absolute atomic E-state index is 0.0158. The molecule has 0 unspecified atom stereocenters. The zero-order valence-electron chi connectivity index (χ0n) is 20.1. The van der Waals surface area contributed by atoms with Crippen molar-refractivity contribution in [3.63, 3.8) is 0 Å². The van der Waals surface area contributed by atoms with Crippen LogP contribution in [0.25, 0.3) is 11.1 Å². The average Bonchev–Trinajstić information content (AvgIpc) is 2.93. The number of carbonyl (C=O) groups is 2. The molecule has 3 aromatic rings. The van der Waals surface area contributed by atoms with Crippen molar-refractivity contribution in [3.05, 3.63) is 81.6 Å². The zero-order chi connectivity index (χ0) is 26.9. The van der Waals surface area contributed by atoms with Crippen molar-refractivity contribution >= 4 is 35.2 Å². The maximum atomic E-state index is 13.2. The van der Waals surface area contributed by atoms with Crippen LogP contribution in [0, 0.1) is 11.3 Å². The summed E-state index contributed by atoms with van der Waals surface area (Å²) in [5, 5.41) is 13.7. The number of amidine groups is 1. The Hall–Kier alpha value is -4.60. The molecule has 0 radical (unpaired) electrons. The number of hydrogen-bond acceptors (Lipinski definition) is 9. The molecule has 0 atom stereocenters. The van der Waals surface area contributed by atoms with Gasteiger partial charge in [0.1, 0.15) is 17.5 Å². The Labute approximate surface area is 217 Å². The number of aromatic nitrogens is 1. The second-order valence-corrected chi connectivity index (χ2v) is 8.52. The number of para-hydroxylation sites is 1. The Bertz CT molecular complexity index is 1430. The van der Waals surface area contributed by atoms with Gasteiger partial charge in [0, 0.05) is 23.9 Å². The lowest BCUT2D eigenvalue weighted by Gasteiger charge is -2.18. The lowest BCUT2D eigenvalue weighted by molar-refractivity contribution is 0.0525. The quantitative estimate of drug-likeness (QED) is 0.0866. The number of anilines is 1. The number of nitriles is 1. The number of nitrogens with one attached hydrogen (secondary N) is 2. The third-order valence-corrected chi connectivity index (χ3v) is 6.31. The van der Waals surface area contributed by atoms with E-state index in [4.69, 9.17) is 16.4 Å². The lowest BCUT2D eigenvalue weighted by Crippen LogP contribution is -2.33. The minimum Gasteiger partial charge on any atom is -0.462 e. The predicted molar refractivity (Wildman–Crippen MR) is 142 cm³/mol. The molecular weight excluding hydrogens is 494 g/mol. The number of amides is 1. The highest BCUT2D eigenvalue weighted by molar-refractivity contribution is 8.00. The Kier molecular flexibility index (Phi) is 9.04. The van der Waals surface area contributed by atoms with E-state index >= 15 is 0 Å². The van der Waals surface area contributed by atoms with E-state index in [9.17, 15) is 19.6 Å².